The van der Waals surface area contributed by atoms with E-state index in [0.717, 1.165) is 6.42 Å². The van der Waals surface area contributed by atoms with E-state index in [9.17, 15) is 13.2 Å². The second-order valence-electron chi connectivity index (χ2n) is 4.00. The van der Waals surface area contributed by atoms with E-state index < -0.39 is 9.05 Å². The van der Waals surface area contributed by atoms with Crippen LogP contribution in [-0.4, -0.2) is 32.3 Å². The van der Waals surface area contributed by atoms with E-state index in [0.29, 0.717) is 23.1 Å². The van der Waals surface area contributed by atoms with Crippen molar-refractivity contribution in [3.63, 3.8) is 0 Å². The zero-order chi connectivity index (χ0) is 14.6. The van der Waals surface area contributed by atoms with E-state index >= 15 is 0 Å². The normalized spacial score (nSPS) is 11.4. The molecule has 1 aromatic carbocycles. The summed E-state index contributed by atoms with van der Waals surface area (Å²) < 4.78 is 23.2. The molecule has 7 heteroatoms. The van der Waals surface area contributed by atoms with Crippen LogP contribution in [0, 0.1) is 0 Å². The number of benzene rings is 1. The molecule has 0 saturated heterocycles. The van der Waals surface area contributed by atoms with E-state index in [-0.39, 0.29) is 10.8 Å². The fourth-order valence-electron chi connectivity index (χ4n) is 1.68. The van der Waals surface area contributed by atoms with Crippen LogP contribution in [0.4, 0.5) is 0 Å². The number of rotatable bonds is 5. The summed E-state index contributed by atoms with van der Waals surface area (Å²) in [5.74, 6) is -0.202. The second-order valence-corrected chi connectivity index (χ2v) is 7.48. The minimum atomic E-state index is -3.85. The monoisotopic (exact) mass is 367 g/mol. The molecule has 0 heterocycles. The first-order valence-corrected chi connectivity index (χ1v) is 8.94. The third kappa shape index (κ3) is 4.47. The van der Waals surface area contributed by atoms with E-state index in [1.165, 1.54) is 12.1 Å². The molecule has 0 unspecified atom stereocenters. The van der Waals surface area contributed by atoms with Gasteiger partial charge in [0, 0.05) is 33.8 Å². The van der Waals surface area contributed by atoms with Gasteiger partial charge in [-0.15, -0.1) is 0 Å². The number of carbonyl (C=O) groups excluding carboxylic acids is 1. The van der Waals surface area contributed by atoms with Crippen molar-refractivity contribution >= 4 is 41.6 Å². The lowest BCUT2D eigenvalue weighted by Gasteiger charge is -2.20. The SMILES string of the molecule is CCCN(CC)C(=O)c1cc(Br)cc(S(=O)(=O)Cl)c1. The number of hydrogen-bond donors (Lipinski definition) is 0. The van der Waals surface area contributed by atoms with Gasteiger partial charge < -0.3 is 4.90 Å². The molecule has 0 aliphatic heterocycles. The summed E-state index contributed by atoms with van der Waals surface area (Å²) in [5.41, 5.74) is 0.309. The zero-order valence-corrected chi connectivity index (χ0v) is 13.8. The Kier molecular flexibility index (Phi) is 5.82. The maximum absolute atomic E-state index is 12.3. The molecule has 4 nitrogen and oxygen atoms in total. The van der Waals surface area contributed by atoms with Crippen molar-refractivity contribution in [2.45, 2.75) is 25.2 Å². The molecule has 1 amide bonds. The van der Waals surface area contributed by atoms with Crippen molar-refractivity contribution in [1.29, 1.82) is 0 Å². The molecule has 106 valence electrons. The molecule has 0 saturated carbocycles. The molecule has 0 radical (unpaired) electrons. The van der Waals surface area contributed by atoms with Crippen molar-refractivity contribution in [2.75, 3.05) is 13.1 Å². The smallest absolute Gasteiger partial charge is 0.261 e. The average molecular weight is 369 g/mol. The van der Waals surface area contributed by atoms with Gasteiger partial charge in [-0.25, -0.2) is 8.42 Å². The quantitative estimate of drug-likeness (QED) is 0.750. The third-order valence-electron chi connectivity index (χ3n) is 2.56. The van der Waals surface area contributed by atoms with Gasteiger partial charge >= 0.3 is 0 Å². The summed E-state index contributed by atoms with van der Waals surface area (Å²) in [7, 11) is 1.45. The summed E-state index contributed by atoms with van der Waals surface area (Å²) in [4.78, 5) is 13.8. The topological polar surface area (TPSA) is 54.5 Å². The van der Waals surface area contributed by atoms with Gasteiger partial charge in [0.2, 0.25) is 0 Å². The maximum atomic E-state index is 12.3. The van der Waals surface area contributed by atoms with Crippen molar-refractivity contribution in [2.24, 2.45) is 0 Å². The molecule has 0 bridgehead atoms. The van der Waals surface area contributed by atoms with Crippen LogP contribution >= 0.6 is 26.6 Å². The predicted octanol–water partition coefficient (Wildman–Crippen LogP) is 3.25. The Morgan fingerprint density at radius 2 is 1.95 bits per heavy atom. The minimum Gasteiger partial charge on any atom is -0.339 e. The number of nitrogens with zero attached hydrogens (tertiary/aromatic N) is 1. The lowest BCUT2D eigenvalue weighted by Crippen LogP contribution is -2.31. The van der Waals surface area contributed by atoms with Crippen LogP contribution in [0.5, 0.6) is 0 Å². The highest BCUT2D eigenvalue weighted by atomic mass is 79.9. The van der Waals surface area contributed by atoms with Crippen molar-refractivity contribution in [1.82, 2.24) is 4.90 Å². The lowest BCUT2D eigenvalue weighted by atomic mass is 10.2. The minimum absolute atomic E-state index is 0.0838. The number of carbonyl (C=O) groups is 1. The van der Waals surface area contributed by atoms with Crippen LogP contribution in [0.2, 0.25) is 0 Å². The van der Waals surface area contributed by atoms with Gasteiger partial charge in [-0.3, -0.25) is 4.79 Å². The Balaban J connectivity index is 3.20. The molecule has 1 aromatic rings. The average Bonchev–Trinajstić information content (AvgIpc) is 2.33. The number of hydrogen-bond acceptors (Lipinski definition) is 3. The first-order valence-electron chi connectivity index (χ1n) is 5.84. The van der Waals surface area contributed by atoms with Gasteiger partial charge in [0.1, 0.15) is 0 Å². The van der Waals surface area contributed by atoms with Crippen LogP contribution in [0.15, 0.2) is 27.6 Å². The molecular formula is C12H15BrClNO3S. The summed E-state index contributed by atoms with van der Waals surface area (Å²) in [6, 6.07) is 4.26. The summed E-state index contributed by atoms with van der Waals surface area (Å²) in [6.45, 7) is 5.06. The fraction of sp³-hybridized carbons (Fsp3) is 0.417. The lowest BCUT2D eigenvalue weighted by molar-refractivity contribution is 0.0764. The highest BCUT2D eigenvalue weighted by Crippen LogP contribution is 2.23. The highest BCUT2D eigenvalue weighted by molar-refractivity contribution is 9.10. The summed E-state index contributed by atoms with van der Waals surface area (Å²) >= 11 is 3.19. The Bertz CT molecular complexity index is 574. The molecule has 1 rings (SSSR count). The molecule has 0 aromatic heterocycles. The van der Waals surface area contributed by atoms with Crippen molar-refractivity contribution < 1.29 is 13.2 Å². The molecule has 19 heavy (non-hydrogen) atoms. The third-order valence-corrected chi connectivity index (χ3v) is 4.35. The van der Waals surface area contributed by atoms with Crippen LogP contribution in [-0.2, 0) is 9.05 Å². The first kappa shape index (κ1) is 16.5. The standard InChI is InChI=1S/C12H15BrClNO3S/c1-3-5-15(4-2)12(16)9-6-10(13)8-11(7-9)19(14,17)18/h6-8H,3-5H2,1-2H3. The van der Waals surface area contributed by atoms with Crippen LogP contribution in [0.25, 0.3) is 0 Å². The molecular weight excluding hydrogens is 354 g/mol. The van der Waals surface area contributed by atoms with Gasteiger partial charge in [-0.2, -0.15) is 0 Å². The largest absolute Gasteiger partial charge is 0.339 e. The van der Waals surface area contributed by atoms with Crippen LogP contribution in [0.3, 0.4) is 0 Å². The number of amides is 1. The molecule has 0 aliphatic rings. The van der Waals surface area contributed by atoms with Gasteiger partial charge in [0.25, 0.3) is 15.0 Å². The fourth-order valence-corrected chi connectivity index (χ4v) is 3.13. The first-order chi connectivity index (χ1) is 8.79. The van der Waals surface area contributed by atoms with E-state index in [1.54, 1.807) is 11.0 Å². The van der Waals surface area contributed by atoms with E-state index in [2.05, 4.69) is 15.9 Å². The van der Waals surface area contributed by atoms with E-state index in [1.807, 2.05) is 13.8 Å². The summed E-state index contributed by atoms with van der Waals surface area (Å²) in [5, 5.41) is 0. The van der Waals surface area contributed by atoms with Gasteiger partial charge in [-0.1, -0.05) is 22.9 Å². The van der Waals surface area contributed by atoms with Crippen molar-refractivity contribution in [3.8, 4) is 0 Å². The predicted molar refractivity (Wildman–Crippen MR) is 79.0 cm³/mol. The molecule has 0 N–H and O–H groups in total. The molecule has 0 fully saturated rings. The van der Waals surface area contributed by atoms with Gasteiger partial charge in [0.05, 0.1) is 4.90 Å². The Hall–Kier alpha value is -0.590. The van der Waals surface area contributed by atoms with Gasteiger partial charge in [0.15, 0.2) is 0 Å². The molecule has 0 spiro atoms. The Labute approximate surface area is 126 Å². The zero-order valence-electron chi connectivity index (χ0n) is 10.7. The molecule has 0 atom stereocenters. The van der Waals surface area contributed by atoms with Crippen LogP contribution < -0.4 is 0 Å². The second kappa shape index (κ2) is 6.72. The highest BCUT2D eigenvalue weighted by Gasteiger charge is 2.18. The maximum Gasteiger partial charge on any atom is 0.261 e. The van der Waals surface area contributed by atoms with Crippen molar-refractivity contribution in [3.05, 3.63) is 28.2 Å². The number of halogens is 2. The van der Waals surface area contributed by atoms with Gasteiger partial charge in [-0.05, 0) is 31.5 Å². The van der Waals surface area contributed by atoms with Crippen LogP contribution in [0.1, 0.15) is 30.6 Å². The molecule has 0 aliphatic carbocycles. The van der Waals surface area contributed by atoms with E-state index in [4.69, 9.17) is 10.7 Å². The summed E-state index contributed by atoms with van der Waals surface area (Å²) in [6.07, 6.45) is 0.842. The Morgan fingerprint density at radius 1 is 1.32 bits per heavy atom. The Morgan fingerprint density at radius 3 is 2.42 bits per heavy atom.